The van der Waals surface area contributed by atoms with E-state index >= 15 is 0 Å². The average Bonchev–Trinajstić information content (AvgIpc) is 2.86. The minimum Gasteiger partial charge on any atom is -0.307 e. The summed E-state index contributed by atoms with van der Waals surface area (Å²) in [5.74, 6) is 0. The van der Waals surface area contributed by atoms with E-state index in [1.807, 2.05) is 29.5 Å². The van der Waals surface area contributed by atoms with E-state index in [2.05, 4.69) is 41.6 Å². The van der Waals surface area contributed by atoms with E-state index in [-0.39, 0.29) is 0 Å². The van der Waals surface area contributed by atoms with Crippen molar-refractivity contribution >= 4 is 0 Å². The molecule has 18 heavy (non-hydrogen) atoms. The van der Waals surface area contributed by atoms with Crippen LogP contribution in [0.1, 0.15) is 36.8 Å². The molecule has 0 aromatic carbocycles. The standard InChI is InChI=1S/C13H21N5/c1-10(2)18-13(5-6-15-18)8-14-7-12-9-17(4)16-11(12)3/h5-6,9-10,14H,7-8H2,1-4H3. The molecule has 0 amide bonds. The molecule has 0 saturated carbocycles. The fourth-order valence-corrected chi connectivity index (χ4v) is 2.09. The maximum absolute atomic E-state index is 4.33. The van der Waals surface area contributed by atoms with E-state index in [1.54, 1.807) is 0 Å². The van der Waals surface area contributed by atoms with E-state index in [4.69, 9.17) is 0 Å². The van der Waals surface area contributed by atoms with Gasteiger partial charge in [0.1, 0.15) is 0 Å². The van der Waals surface area contributed by atoms with E-state index < -0.39 is 0 Å². The van der Waals surface area contributed by atoms with Crippen LogP contribution in [0.5, 0.6) is 0 Å². The Morgan fingerprint density at radius 3 is 2.72 bits per heavy atom. The fourth-order valence-electron chi connectivity index (χ4n) is 2.09. The highest BCUT2D eigenvalue weighted by atomic mass is 15.3. The van der Waals surface area contributed by atoms with Gasteiger partial charge in [0, 0.05) is 44.1 Å². The molecular weight excluding hydrogens is 226 g/mol. The van der Waals surface area contributed by atoms with Crippen LogP contribution in [0, 0.1) is 6.92 Å². The molecule has 0 aliphatic rings. The molecule has 0 unspecified atom stereocenters. The molecular formula is C13H21N5. The molecule has 5 nitrogen and oxygen atoms in total. The van der Waals surface area contributed by atoms with Gasteiger partial charge >= 0.3 is 0 Å². The number of rotatable bonds is 5. The molecule has 2 aromatic rings. The maximum Gasteiger partial charge on any atom is 0.0638 e. The Kier molecular flexibility index (Phi) is 3.81. The number of hydrogen-bond donors (Lipinski definition) is 1. The second kappa shape index (κ2) is 5.35. The van der Waals surface area contributed by atoms with Crippen molar-refractivity contribution in [3.63, 3.8) is 0 Å². The van der Waals surface area contributed by atoms with Crippen LogP contribution in [0.3, 0.4) is 0 Å². The summed E-state index contributed by atoms with van der Waals surface area (Å²) in [6, 6.07) is 2.46. The molecule has 0 aliphatic heterocycles. The Morgan fingerprint density at radius 1 is 1.33 bits per heavy atom. The van der Waals surface area contributed by atoms with Crippen molar-refractivity contribution in [2.45, 2.75) is 39.9 Å². The van der Waals surface area contributed by atoms with Gasteiger partial charge in [0.05, 0.1) is 11.4 Å². The highest BCUT2D eigenvalue weighted by Crippen LogP contribution is 2.08. The minimum absolute atomic E-state index is 0.400. The quantitative estimate of drug-likeness (QED) is 0.876. The van der Waals surface area contributed by atoms with Crippen LogP contribution in [0.2, 0.25) is 0 Å². The molecule has 98 valence electrons. The molecule has 5 heteroatoms. The number of nitrogens with zero attached hydrogens (tertiary/aromatic N) is 4. The number of aryl methyl sites for hydroxylation is 2. The van der Waals surface area contributed by atoms with Crippen LogP contribution in [0.4, 0.5) is 0 Å². The van der Waals surface area contributed by atoms with Crippen LogP contribution in [-0.2, 0) is 20.1 Å². The molecule has 0 radical (unpaired) electrons. The second-order valence-electron chi connectivity index (χ2n) is 4.88. The molecule has 0 spiro atoms. The smallest absolute Gasteiger partial charge is 0.0638 e. The van der Waals surface area contributed by atoms with Crippen LogP contribution < -0.4 is 5.32 Å². The van der Waals surface area contributed by atoms with Gasteiger partial charge in [-0.05, 0) is 26.8 Å². The monoisotopic (exact) mass is 247 g/mol. The Bertz CT molecular complexity index is 509. The minimum atomic E-state index is 0.400. The summed E-state index contributed by atoms with van der Waals surface area (Å²) in [4.78, 5) is 0. The number of aromatic nitrogens is 4. The zero-order valence-corrected chi connectivity index (χ0v) is 11.5. The topological polar surface area (TPSA) is 47.7 Å². The first-order chi connectivity index (χ1) is 8.58. The first-order valence-electron chi connectivity index (χ1n) is 6.30. The lowest BCUT2D eigenvalue weighted by Gasteiger charge is -2.11. The maximum atomic E-state index is 4.33. The van der Waals surface area contributed by atoms with E-state index in [1.165, 1.54) is 11.3 Å². The number of hydrogen-bond acceptors (Lipinski definition) is 3. The Hall–Kier alpha value is -1.62. The molecule has 0 atom stereocenters. The van der Waals surface area contributed by atoms with Crippen LogP contribution in [-0.4, -0.2) is 19.6 Å². The first-order valence-corrected chi connectivity index (χ1v) is 6.30. The third-order valence-electron chi connectivity index (χ3n) is 2.98. The lowest BCUT2D eigenvalue weighted by molar-refractivity contribution is 0.495. The van der Waals surface area contributed by atoms with Crippen LogP contribution in [0.15, 0.2) is 18.5 Å². The summed E-state index contributed by atoms with van der Waals surface area (Å²) < 4.78 is 3.90. The third kappa shape index (κ3) is 2.79. The predicted octanol–water partition coefficient (Wildman–Crippen LogP) is 1.80. The molecule has 2 heterocycles. The SMILES string of the molecule is Cc1nn(C)cc1CNCc1ccnn1C(C)C. The molecule has 0 saturated heterocycles. The largest absolute Gasteiger partial charge is 0.307 e. The lowest BCUT2D eigenvalue weighted by atomic mass is 10.2. The first kappa shape index (κ1) is 12.8. The van der Waals surface area contributed by atoms with Crippen molar-refractivity contribution in [3.8, 4) is 0 Å². The highest BCUT2D eigenvalue weighted by Gasteiger charge is 2.06. The van der Waals surface area contributed by atoms with Crippen molar-refractivity contribution in [3.05, 3.63) is 35.4 Å². The van der Waals surface area contributed by atoms with E-state index in [0.29, 0.717) is 6.04 Å². The Balaban J connectivity index is 1.92. The normalized spacial score (nSPS) is 11.4. The van der Waals surface area contributed by atoms with E-state index in [9.17, 15) is 0 Å². The Morgan fingerprint density at radius 2 is 2.11 bits per heavy atom. The summed E-state index contributed by atoms with van der Waals surface area (Å²) >= 11 is 0. The third-order valence-corrected chi connectivity index (χ3v) is 2.98. The molecule has 0 fully saturated rings. The summed E-state index contributed by atoms with van der Waals surface area (Å²) in [5.41, 5.74) is 3.54. The second-order valence-corrected chi connectivity index (χ2v) is 4.88. The van der Waals surface area contributed by atoms with Gasteiger partial charge in [-0.1, -0.05) is 0 Å². The van der Waals surface area contributed by atoms with Crippen molar-refractivity contribution in [1.82, 2.24) is 24.9 Å². The summed E-state index contributed by atoms with van der Waals surface area (Å²) in [7, 11) is 1.95. The summed E-state index contributed by atoms with van der Waals surface area (Å²) in [5, 5.41) is 12.1. The Labute approximate surface area is 108 Å². The van der Waals surface area contributed by atoms with Crippen molar-refractivity contribution < 1.29 is 0 Å². The van der Waals surface area contributed by atoms with Crippen molar-refractivity contribution in [2.75, 3.05) is 0 Å². The van der Waals surface area contributed by atoms with Crippen LogP contribution >= 0.6 is 0 Å². The van der Waals surface area contributed by atoms with Gasteiger partial charge in [-0.25, -0.2) is 0 Å². The van der Waals surface area contributed by atoms with Gasteiger partial charge in [0.25, 0.3) is 0 Å². The zero-order valence-electron chi connectivity index (χ0n) is 11.5. The summed E-state index contributed by atoms with van der Waals surface area (Å²) in [6.07, 6.45) is 3.91. The van der Waals surface area contributed by atoms with Gasteiger partial charge in [-0.2, -0.15) is 10.2 Å². The highest BCUT2D eigenvalue weighted by molar-refractivity contribution is 5.15. The van der Waals surface area contributed by atoms with Crippen molar-refractivity contribution in [2.24, 2.45) is 7.05 Å². The van der Waals surface area contributed by atoms with Crippen LogP contribution in [0.25, 0.3) is 0 Å². The number of nitrogens with one attached hydrogen (secondary N) is 1. The van der Waals surface area contributed by atoms with Gasteiger partial charge in [-0.15, -0.1) is 0 Å². The molecule has 0 aliphatic carbocycles. The molecule has 0 bridgehead atoms. The summed E-state index contributed by atoms with van der Waals surface area (Å²) in [6.45, 7) is 7.98. The van der Waals surface area contributed by atoms with Gasteiger partial charge in [0.15, 0.2) is 0 Å². The molecule has 2 rings (SSSR count). The molecule has 2 aromatic heterocycles. The van der Waals surface area contributed by atoms with Crippen molar-refractivity contribution in [1.29, 1.82) is 0 Å². The van der Waals surface area contributed by atoms with Gasteiger partial charge < -0.3 is 5.32 Å². The lowest BCUT2D eigenvalue weighted by Crippen LogP contribution is -2.17. The molecule has 1 N–H and O–H groups in total. The predicted molar refractivity (Wildman–Crippen MR) is 71.1 cm³/mol. The van der Waals surface area contributed by atoms with E-state index in [0.717, 1.165) is 18.8 Å². The average molecular weight is 247 g/mol. The van der Waals surface area contributed by atoms with Gasteiger partial charge in [0.2, 0.25) is 0 Å². The fraction of sp³-hybridized carbons (Fsp3) is 0.538. The van der Waals surface area contributed by atoms with Gasteiger partial charge in [-0.3, -0.25) is 9.36 Å². The zero-order chi connectivity index (χ0) is 13.1.